The van der Waals surface area contributed by atoms with Crippen LogP contribution in [-0.2, 0) is 21.4 Å². The van der Waals surface area contributed by atoms with Gasteiger partial charge in [0.05, 0.1) is 30.3 Å². The Morgan fingerprint density at radius 2 is 1.76 bits per heavy atom. The van der Waals surface area contributed by atoms with Gasteiger partial charge in [-0.2, -0.15) is 5.10 Å². The Labute approximate surface area is 194 Å². The highest BCUT2D eigenvalue weighted by molar-refractivity contribution is 5.91. The average Bonchev–Trinajstić information content (AvgIpc) is 3.21. The molecule has 1 atom stereocenters. The molecule has 5 rings (SSSR count). The second kappa shape index (κ2) is 9.20. The van der Waals surface area contributed by atoms with Gasteiger partial charge in [0.15, 0.2) is 0 Å². The number of rotatable bonds is 5. The first-order valence-electron chi connectivity index (χ1n) is 11.5. The Hall–Kier alpha value is -3.44. The summed E-state index contributed by atoms with van der Waals surface area (Å²) in [5.41, 5.74) is 3.53. The zero-order valence-electron chi connectivity index (χ0n) is 18.9. The summed E-state index contributed by atoms with van der Waals surface area (Å²) in [4.78, 5) is 16.2. The number of benzene rings is 3. The molecule has 0 saturated carbocycles. The van der Waals surface area contributed by atoms with Crippen molar-refractivity contribution in [2.75, 3.05) is 26.3 Å². The summed E-state index contributed by atoms with van der Waals surface area (Å²) in [5.74, 6) is 0.359. The number of amides is 1. The lowest BCUT2D eigenvalue weighted by atomic mass is 9.75. The van der Waals surface area contributed by atoms with Crippen LogP contribution in [0.2, 0.25) is 0 Å². The van der Waals surface area contributed by atoms with Crippen molar-refractivity contribution in [3.63, 3.8) is 0 Å². The first kappa shape index (κ1) is 21.4. The third-order valence-corrected chi connectivity index (χ3v) is 6.78. The second-order valence-electron chi connectivity index (χ2n) is 9.04. The summed E-state index contributed by atoms with van der Waals surface area (Å²) in [6.07, 6.45) is 2.71. The van der Waals surface area contributed by atoms with Crippen molar-refractivity contribution in [2.24, 2.45) is 5.92 Å². The molecule has 1 fully saturated rings. The highest BCUT2D eigenvalue weighted by Gasteiger charge is 2.40. The summed E-state index contributed by atoms with van der Waals surface area (Å²) in [6.45, 7) is 4.54. The van der Waals surface area contributed by atoms with E-state index in [1.54, 1.807) is 0 Å². The number of carbonyl (C=O) groups excluding carboxylic acids is 1. The first-order chi connectivity index (χ1) is 16.1. The van der Waals surface area contributed by atoms with Gasteiger partial charge in [0, 0.05) is 24.4 Å². The molecule has 0 radical (unpaired) electrons. The van der Waals surface area contributed by atoms with E-state index < -0.39 is 5.41 Å². The molecule has 5 nitrogen and oxygen atoms in total. The largest absolute Gasteiger partial charge is 0.379 e. The highest BCUT2D eigenvalue weighted by Crippen LogP contribution is 2.34. The maximum Gasteiger partial charge on any atom is 0.237 e. The molecule has 5 heteroatoms. The fraction of sp³-hybridized carbons (Fsp3) is 0.286. The fourth-order valence-electron chi connectivity index (χ4n) is 4.91. The lowest BCUT2D eigenvalue weighted by Crippen LogP contribution is -2.48. The van der Waals surface area contributed by atoms with E-state index in [0.717, 1.165) is 28.5 Å². The number of aromatic amines is 1. The van der Waals surface area contributed by atoms with Crippen molar-refractivity contribution in [2.45, 2.75) is 18.8 Å². The van der Waals surface area contributed by atoms with Crippen LogP contribution < -0.4 is 0 Å². The van der Waals surface area contributed by atoms with Crippen LogP contribution in [0.3, 0.4) is 0 Å². The summed E-state index contributed by atoms with van der Waals surface area (Å²) >= 11 is 0. The van der Waals surface area contributed by atoms with Gasteiger partial charge >= 0.3 is 0 Å². The minimum absolute atomic E-state index is 0.126. The van der Waals surface area contributed by atoms with E-state index in [1.165, 1.54) is 5.56 Å². The molecule has 4 aromatic rings. The number of fused-ring (bicyclic) bond motifs is 1. The predicted molar refractivity (Wildman–Crippen MR) is 130 cm³/mol. The molecule has 1 unspecified atom stereocenters. The molecule has 2 heterocycles. The van der Waals surface area contributed by atoms with Gasteiger partial charge in [-0.05, 0) is 42.2 Å². The van der Waals surface area contributed by atoms with Crippen LogP contribution in [0.25, 0.3) is 10.9 Å². The first-order valence-corrected chi connectivity index (χ1v) is 11.5. The standard InChI is InChI=1S/C28H29N3O2/c1-28(24-8-4-2-5-9-24,25-10-6-3-7-11-25)27(32)31-14-15-33-20-22(19-31)16-21-12-13-26-23(17-21)18-29-30-26/h2-13,17-18,22H,14-16,19-20H2,1H3,(H,29,30). The Morgan fingerprint density at radius 1 is 1.06 bits per heavy atom. The van der Waals surface area contributed by atoms with Gasteiger partial charge in [-0.3, -0.25) is 9.89 Å². The minimum atomic E-state index is -0.757. The Kier molecular flexibility index (Phi) is 5.97. The van der Waals surface area contributed by atoms with E-state index in [0.29, 0.717) is 26.3 Å². The molecular formula is C28H29N3O2. The zero-order valence-corrected chi connectivity index (χ0v) is 18.9. The van der Waals surface area contributed by atoms with E-state index >= 15 is 0 Å². The quantitative estimate of drug-likeness (QED) is 0.495. The van der Waals surface area contributed by atoms with Crippen LogP contribution in [-0.4, -0.2) is 47.3 Å². The van der Waals surface area contributed by atoms with Crippen LogP contribution in [0.1, 0.15) is 23.6 Å². The van der Waals surface area contributed by atoms with Crippen molar-refractivity contribution >= 4 is 16.8 Å². The molecule has 3 aromatic carbocycles. The Balaban J connectivity index is 1.42. The second-order valence-corrected chi connectivity index (χ2v) is 9.04. The van der Waals surface area contributed by atoms with Crippen molar-refractivity contribution in [3.8, 4) is 0 Å². The molecule has 168 valence electrons. The summed E-state index contributed by atoms with van der Waals surface area (Å²) in [6, 6.07) is 26.6. The number of nitrogens with zero attached hydrogens (tertiary/aromatic N) is 2. The minimum Gasteiger partial charge on any atom is -0.379 e. The maximum absolute atomic E-state index is 14.2. The number of H-pyrrole nitrogens is 1. The number of hydrogen-bond donors (Lipinski definition) is 1. The average molecular weight is 440 g/mol. The van der Waals surface area contributed by atoms with Crippen LogP contribution in [0.4, 0.5) is 0 Å². The topological polar surface area (TPSA) is 58.2 Å². The van der Waals surface area contributed by atoms with E-state index in [2.05, 4.69) is 52.7 Å². The van der Waals surface area contributed by atoms with Crippen molar-refractivity contribution < 1.29 is 9.53 Å². The van der Waals surface area contributed by atoms with Gasteiger partial charge < -0.3 is 9.64 Å². The number of hydrogen-bond acceptors (Lipinski definition) is 3. The van der Waals surface area contributed by atoms with E-state index in [4.69, 9.17) is 4.74 Å². The van der Waals surface area contributed by atoms with Crippen molar-refractivity contribution in [1.82, 2.24) is 15.1 Å². The van der Waals surface area contributed by atoms with Gasteiger partial charge in [0.1, 0.15) is 0 Å². The lowest BCUT2D eigenvalue weighted by molar-refractivity contribution is -0.135. The number of aromatic nitrogens is 2. The van der Waals surface area contributed by atoms with E-state index in [1.807, 2.05) is 54.4 Å². The van der Waals surface area contributed by atoms with Crippen LogP contribution in [0.15, 0.2) is 85.1 Å². The molecule has 33 heavy (non-hydrogen) atoms. The van der Waals surface area contributed by atoms with Gasteiger partial charge in [0.2, 0.25) is 5.91 Å². The van der Waals surface area contributed by atoms with Crippen molar-refractivity contribution in [1.29, 1.82) is 0 Å². The normalized spacial score (nSPS) is 17.1. The van der Waals surface area contributed by atoms with Gasteiger partial charge in [0.25, 0.3) is 0 Å². The summed E-state index contributed by atoms with van der Waals surface area (Å²) < 4.78 is 5.94. The van der Waals surface area contributed by atoms with Crippen LogP contribution in [0, 0.1) is 5.92 Å². The van der Waals surface area contributed by atoms with Gasteiger partial charge in [-0.15, -0.1) is 0 Å². The molecule has 1 saturated heterocycles. The van der Waals surface area contributed by atoms with E-state index in [9.17, 15) is 4.79 Å². The molecule has 1 aromatic heterocycles. The summed E-state index contributed by atoms with van der Waals surface area (Å²) in [7, 11) is 0. The molecule has 1 amide bonds. The van der Waals surface area contributed by atoms with Crippen LogP contribution >= 0.6 is 0 Å². The number of carbonyl (C=O) groups is 1. The molecule has 1 aliphatic rings. The molecule has 0 bridgehead atoms. The molecule has 0 spiro atoms. The predicted octanol–water partition coefficient (Wildman–Crippen LogP) is 4.59. The van der Waals surface area contributed by atoms with Crippen molar-refractivity contribution in [3.05, 3.63) is 102 Å². The number of nitrogens with one attached hydrogen (secondary N) is 1. The van der Waals surface area contributed by atoms with Gasteiger partial charge in [-0.25, -0.2) is 0 Å². The lowest BCUT2D eigenvalue weighted by Gasteiger charge is -2.36. The smallest absolute Gasteiger partial charge is 0.237 e. The number of ether oxygens (including phenoxy) is 1. The third-order valence-electron chi connectivity index (χ3n) is 6.78. The zero-order chi connectivity index (χ0) is 22.7. The van der Waals surface area contributed by atoms with Gasteiger partial charge in [-0.1, -0.05) is 66.7 Å². The Bertz CT molecular complexity index is 1180. The fourth-order valence-corrected chi connectivity index (χ4v) is 4.91. The Morgan fingerprint density at radius 3 is 2.45 bits per heavy atom. The maximum atomic E-state index is 14.2. The third kappa shape index (κ3) is 4.29. The SMILES string of the molecule is CC(C(=O)N1CCOCC(Cc2ccc3[nH]ncc3c2)C1)(c1ccccc1)c1ccccc1. The monoisotopic (exact) mass is 439 g/mol. The molecule has 1 aliphatic heterocycles. The highest BCUT2D eigenvalue weighted by atomic mass is 16.5. The molecule has 0 aliphatic carbocycles. The van der Waals surface area contributed by atoms with E-state index in [-0.39, 0.29) is 11.8 Å². The molecule has 1 N–H and O–H groups in total. The molecular weight excluding hydrogens is 410 g/mol. The van der Waals surface area contributed by atoms with Crippen LogP contribution in [0.5, 0.6) is 0 Å². The summed E-state index contributed by atoms with van der Waals surface area (Å²) in [5, 5.41) is 8.23.